The number of rotatable bonds is 6. The molecule has 0 atom stereocenters. The highest BCUT2D eigenvalue weighted by atomic mass is 32.1. The molecule has 0 bridgehead atoms. The van der Waals surface area contributed by atoms with E-state index in [-0.39, 0.29) is 0 Å². The molecule has 0 saturated carbocycles. The van der Waals surface area contributed by atoms with Gasteiger partial charge in [0.2, 0.25) is 0 Å². The van der Waals surface area contributed by atoms with E-state index in [0.29, 0.717) is 5.92 Å². The van der Waals surface area contributed by atoms with Crippen LogP contribution in [0.25, 0.3) is 21.8 Å². The maximum absolute atomic E-state index is 5.38. The van der Waals surface area contributed by atoms with E-state index < -0.39 is 0 Å². The Balaban J connectivity index is 1.35. The summed E-state index contributed by atoms with van der Waals surface area (Å²) in [4.78, 5) is 13.0. The zero-order valence-electron chi connectivity index (χ0n) is 21.4. The molecule has 0 unspecified atom stereocenters. The SMILES string of the molecule is c1ccc(CC2CCN(/C(=N\c3sc(-c4ccccc4)nc3-c3ccccc3)c3ccccc3)CC2)cc1. The zero-order valence-corrected chi connectivity index (χ0v) is 22.2. The molecule has 3 nitrogen and oxygen atoms in total. The van der Waals surface area contributed by atoms with E-state index in [1.807, 2.05) is 12.1 Å². The maximum Gasteiger partial charge on any atom is 0.146 e. The van der Waals surface area contributed by atoms with Crippen molar-refractivity contribution in [3.8, 4) is 21.8 Å². The van der Waals surface area contributed by atoms with Crippen LogP contribution >= 0.6 is 11.3 Å². The monoisotopic (exact) mass is 513 g/mol. The van der Waals surface area contributed by atoms with E-state index in [4.69, 9.17) is 9.98 Å². The van der Waals surface area contributed by atoms with E-state index in [9.17, 15) is 0 Å². The van der Waals surface area contributed by atoms with Gasteiger partial charge in [-0.2, -0.15) is 0 Å². The molecule has 0 radical (unpaired) electrons. The average Bonchev–Trinajstić information content (AvgIpc) is 3.42. The van der Waals surface area contributed by atoms with E-state index >= 15 is 0 Å². The number of amidine groups is 1. The molecule has 0 amide bonds. The van der Waals surface area contributed by atoms with Gasteiger partial charge in [-0.1, -0.05) is 133 Å². The number of benzene rings is 4. The standard InChI is InChI=1S/C34H31N3S/c1-5-13-26(14-6-1)25-27-21-23-37(24-22-27)32(29-17-9-3-10-18-29)36-34-31(28-15-7-2-8-16-28)35-33(38-34)30-19-11-4-12-20-30/h1-20,27H,21-25H2/b36-32-. The molecule has 188 valence electrons. The van der Waals surface area contributed by atoms with Gasteiger partial charge in [-0.15, -0.1) is 0 Å². The predicted octanol–water partition coefficient (Wildman–Crippen LogP) is 8.51. The molecule has 1 aliphatic rings. The lowest BCUT2D eigenvalue weighted by Crippen LogP contribution is -2.39. The predicted molar refractivity (Wildman–Crippen MR) is 160 cm³/mol. The van der Waals surface area contributed by atoms with Crippen molar-refractivity contribution in [3.63, 3.8) is 0 Å². The Morgan fingerprint density at radius 1 is 0.711 bits per heavy atom. The molecule has 4 aromatic carbocycles. The van der Waals surface area contributed by atoms with Gasteiger partial charge in [-0.3, -0.25) is 0 Å². The molecular weight excluding hydrogens is 482 g/mol. The highest BCUT2D eigenvalue weighted by Crippen LogP contribution is 2.40. The number of hydrogen-bond donors (Lipinski definition) is 0. The molecule has 1 aliphatic heterocycles. The van der Waals surface area contributed by atoms with Crippen molar-refractivity contribution in [2.45, 2.75) is 19.3 Å². The van der Waals surface area contributed by atoms with E-state index in [1.165, 1.54) is 18.4 Å². The highest BCUT2D eigenvalue weighted by molar-refractivity contribution is 7.19. The average molecular weight is 514 g/mol. The van der Waals surface area contributed by atoms with Crippen molar-refractivity contribution in [2.24, 2.45) is 10.9 Å². The van der Waals surface area contributed by atoms with Gasteiger partial charge in [0.05, 0.1) is 0 Å². The topological polar surface area (TPSA) is 28.5 Å². The van der Waals surface area contributed by atoms with Crippen molar-refractivity contribution in [1.29, 1.82) is 0 Å². The van der Waals surface area contributed by atoms with Crippen LogP contribution in [0.4, 0.5) is 5.00 Å². The van der Waals surface area contributed by atoms with E-state index in [0.717, 1.165) is 57.7 Å². The molecule has 1 aromatic heterocycles. The highest BCUT2D eigenvalue weighted by Gasteiger charge is 2.24. The van der Waals surface area contributed by atoms with Crippen molar-refractivity contribution in [1.82, 2.24) is 9.88 Å². The molecule has 5 aromatic rings. The van der Waals surface area contributed by atoms with Crippen LogP contribution in [0.15, 0.2) is 126 Å². The van der Waals surface area contributed by atoms with Crippen molar-refractivity contribution in [2.75, 3.05) is 13.1 Å². The lowest BCUT2D eigenvalue weighted by molar-refractivity contribution is 0.265. The molecule has 0 N–H and O–H groups in total. The summed E-state index contributed by atoms with van der Waals surface area (Å²) in [6.07, 6.45) is 3.49. The summed E-state index contributed by atoms with van der Waals surface area (Å²) in [5.41, 5.74) is 5.76. The van der Waals surface area contributed by atoms with Crippen LogP contribution in [-0.4, -0.2) is 28.8 Å². The van der Waals surface area contributed by atoms with Gasteiger partial charge in [0.1, 0.15) is 21.5 Å². The third-order valence-corrected chi connectivity index (χ3v) is 8.20. The molecule has 38 heavy (non-hydrogen) atoms. The second kappa shape index (κ2) is 11.6. The first-order chi connectivity index (χ1) is 18.8. The molecule has 6 rings (SSSR count). The first-order valence-electron chi connectivity index (χ1n) is 13.4. The zero-order chi connectivity index (χ0) is 25.6. The summed E-state index contributed by atoms with van der Waals surface area (Å²) in [6.45, 7) is 2.02. The van der Waals surface area contributed by atoms with Crippen LogP contribution < -0.4 is 0 Å². The smallest absolute Gasteiger partial charge is 0.146 e. The summed E-state index contributed by atoms with van der Waals surface area (Å²) < 4.78 is 0. The van der Waals surface area contributed by atoms with Crippen LogP contribution in [0.3, 0.4) is 0 Å². The number of hydrogen-bond acceptors (Lipinski definition) is 3. The second-order valence-corrected chi connectivity index (χ2v) is 10.8. The van der Waals surface area contributed by atoms with Gasteiger partial charge in [0.15, 0.2) is 0 Å². The Bertz CT molecular complexity index is 1470. The number of aliphatic imine (C=N–C) groups is 1. The quantitative estimate of drug-likeness (QED) is 0.168. The normalized spacial score (nSPS) is 14.5. The first kappa shape index (κ1) is 24.3. The summed E-state index contributed by atoms with van der Waals surface area (Å²) >= 11 is 1.67. The number of nitrogens with zero attached hydrogens (tertiary/aromatic N) is 3. The Kier molecular flexibility index (Phi) is 7.41. The van der Waals surface area contributed by atoms with Gasteiger partial charge in [-0.25, -0.2) is 9.98 Å². The lowest BCUT2D eigenvalue weighted by atomic mass is 9.90. The largest absolute Gasteiger partial charge is 0.356 e. The molecule has 1 saturated heterocycles. The Hall–Kier alpha value is -4.02. The van der Waals surface area contributed by atoms with Gasteiger partial charge < -0.3 is 4.90 Å². The molecule has 0 spiro atoms. The number of piperidine rings is 1. The minimum absolute atomic E-state index is 0.707. The number of aromatic nitrogens is 1. The van der Waals surface area contributed by atoms with E-state index in [1.54, 1.807) is 11.3 Å². The molecule has 2 heterocycles. The van der Waals surface area contributed by atoms with Crippen molar-refractivity contribution >= 4 is 22.2 Å². The van der Waals surface area contributed by atoms with Gasteiger partial charge in [0.25, 0.3) is 0 Å². The maximum atomic E-state index is 5.38. The van der Waals surface area contributed by atoms with Crippen LogP contribution in [0.2, 0.25) is 0 Å². The lowest BCUT2D eigenvalue weighted by Gasteiger charge is -2.34. The number of likely N-dealkylation sites (tertiary alicyclic amines) is 1. The third kappa shape index (κ3) is 5.61. The molecule has 4 heteroatoms. The van der Waals surface area contributed by atoms with Gasteiger partial charge in [0, 0.05) is 29.8 Å². The fourth-order valence-electron chi connectivity index (χ4n) is 5.17. The Morgan fingerprint density at radius 3 is 1.89 bits per heavy atom. The van der Waals surface area contributed by atoms with Crippen molar-refractivity contribution in [3.05, 3.63) is 132 Å². The molecular formula is C34H31N3S. The van der Waals surface area contributed by atoms with Crippen LogP contribution in [-0.2, 0) is 6.42 Å². The van der Waals surface area contributed by atoms with Crippen molar-refractivity contribution < 1.29 is 0 Å². The Morgan fingerprint density at radius 2 is 1.26 bits per heavy atom. The van der Waals surface area contributed by atoms with Gasteiger partial charge >= 0.3 is 0 Å². The minimum Gasteiger partial charge on any atom is -0.356 e. The fourth-order valence-corrected chi connectivity index (χ4v) is 6.14. The first-order valence-corrected chi connectivity index (χ1v) is 14.2. The van der Waals surface area contributed by atoms with Crippen LogP contribution in [0, 0.1) is 5.92 Å². The van der Waals surface area contributed by atoms with Crippen LogP contribution in [0.5, 0.6) is 0 Å². The third-order valence-electron chi connectivity index (χ3n) is 7.20. The molecule has 1 fully saturated rings. The van der Waals surface area contributed by atoms with Crippen LogP contribution in [0.1, 0.15) is 24.0 Å². The Labute approximate surface area is 229 Å². The van der Waals surface area contributed by atoms with Gasteiger partial charge in [-0.05, 0) is 30.7 Å². The summed E-state index contributed by atoms with van der Waals surface area (Å²) in [6, 6.07) is 42.4. The minimum atomic E-state index is 0.707. The van der Waals surface area contributed by atoms with E-state index in [2.05, 4.69) is 114 Å². The summed E-state index contributed by atoms with van der Waals surface area (Å²) in [5.74, 6) is 1.75. The molecule has 0 aliphatic carbocycles. The number of thiazole rings is 1. The fraction of sp³-hybridized carbons (Fsp3) is 0.176. The summed E-state index contributed by atoms with van der Waals surface area (Å²) in [7, 11) is 0. The second-order valence-electron chi connectivity index (χ2n) is 9.83. The summed E-state index contributed by atoms with van der Waals surface area (Å²) in [5, 5.41) is 1.96.